The Morgan fingerprint density at radius 1 is 1.04 bits per heavy atom. The van der Waals surface area contributed by atoms with Gasteiger partial charge in [0.25, 0.3) is 0 Å². The molecule has 6 heteroatoms. The quantitative estimate of drug-likeness (QED) is 0.800. The number of carbonyl (C=O) groups excluding carboxylic acids is 2. The van der Waals surface area contributed by atoms with E-state index in [-0.39, 0.29) is 24.8 Å². The maximum Gasteiger partial charge on any atom is 0.417 e. The van der Waals surface area contributed by atoms with E-state index in [1.807, 2.05) is 30.3 Å². The van der Waals surface area contributed by atoms with Crippen molar-refractivity contribution < 1.29 is 23.8 Å². The first kappa shape index (κ1) is 18.1. The van der Waals surface area contributed by atoms with Crippen molar-refractivity contribution in [3.63, 3.8) is 0 Å². The first-order chi connectivity index (χ1) is 12.6. The predicted molar refractivity (Wildman–Crippen MR) is 92.6 cm³/mol. The molecule has 2 amide bonds. The molecule has 1 heterocycles. The number of aliphatic hydroxyl groups excluding tert-OH is 1. The van der Waals surface area contributed by atoms with Crippen LogP contribution in [-0.2, 0) is 9.53 Å². The van der Waals surface area contributed by atoms with Crippen molar-refractivity contribution in [2.45, 2.75) is 31.4 Å². The molecule has 2 atom stereocenters. The van der Waals surface area contributed by atoms with E-state index in [2.05, 4.69) is 0 Å². The molecule has 2 aromatic rings. The topological polar surface area (TPSA) is 66.8 Å². The molecule has 1 aliphatic heterocycles. The number of carbonyl (C=O) groups is 2. The van der Waals surface area contributed by atoms with Gasteiger partial charge in [0, 0.05) is 13.0 Å². The third kappa shape index (κ3) is 3.75. The largest absolute Gasteiger partial charge is 0.438 e. The minimum absolute atomic E-state index is 0.00194. The summed E-state index contributed by atoms with van der Waals surface area (Å²) >= 11 is 0. The molecule has 0 aliphatic carbocycles. The lowest BCUT2D eigenvalue weighted by Gasteiger charge is -2.24. The number of unbranched alkanes of at least 4 members (excludes halogenated alkanes) is 1. The molecular weight excluding hydrogens is 337 g/mol. The number of nitrogens with zero attached hydrogens (tertiary/aromatic N) is 1. The van der Waals surface area contributed by atoms with Crippen LogP contribution in [0.25, 0.3) is 0 Å². The van der Waals surface area contributed by atoms with Crippen LogP contribution >= 0.6 is 0 Å². The first-order valence-corrected chi connectivity index (χ1v) is 8.55. The van der Waals surface area contributed by atoms with Crippen LogP contribution in [0.3, 0.4) is 0 Å². The third-order valence-electron chi connectivity index (χ3n) is 4.40. The zero-order valence-electron chi connectivity index (χ0n) is 14.2. The minimum atomic E-state index is -0.706. The number of amides is 2. The molecule has 0 bridgehead atoms. The van der Waals surface area contributed by atoms with E-state index in [1.165, 1.54) is 12.1 Å². The van der Waals surface area contributed by atoms with Crippen LogP contribution in [0.2, 0.25) is 0 Å². The second-order valence-electron chi connectivity index (χ2n) is 6.16. The van der Waals surface area contributed by atoms with Crippen LogP contribution in [0.15, 0.2) is 54.6 Å². The Balaban J connectivity index is 1.94. The van der Waals surface area contributed by atoms with Gasteiger partial charge in [-0.05, 0) is 36.1 Å². The highest BCUT2D eigenvalue weighted by atomic mass is 19.1. The Morgan fingerprint density at radius 2 is 1.73 bits per heavy atom. The lowest BCUT2D eigenvalue weighted by molar-refractivity contribution is -0.129. The molecule has 1 fully saturated rings. The number of aliphatic hydroxyl groups is 1. The molecule has 0 radical (unpaired) electrons. The van der Waals surface area contributed by atoms with Crippen molar-refractivity contribution in [1.29, 1.82) is 0 Å². The number of halogens is 1. The van der Waals surface area contributed by atoms with E-state index in [9.17, 15) is 14.0 Å². The molecule has 2 unspecified atom stereocenters. The van der Waals surface area contributed by atoms with Gasteiger partial charge in [-0.15, -0.1) is 0 Å². The zero-order valence-corrected chi connectivity index (χ0v) is 14.2. The molecule has 136 valence electrons. The zero-order chi connectivity index (χ0) is 18.5. The molecule has 1 aliphatic rings. The van der Waals surface area contributed by atoms with Gasteiger partial charge >= 0.3 is 6.09 Å². The van der Waals surface area contributed by atoms with Crippen molar-refractivity contribution in [1.82, 2.24) is 4.90 Å². The Bertz CT molecular complexity index is 763. The van der Waals surface area contributed by atoms with Crippen molar-refractivity contribution >= 4 is 12.0 Å². The summed E-state index contributed by atoms with van der Waals surface area (Å²) in [6, 6.07) is 14.3. The van der Waals surface area contributed by atoms with Gasteiger partial charge in [0.05, 0.1) is 0 Å². The van der Waals surface area contributed by atoms with Crippen LogP contribution in [0.5, 0.6) is 0 Å². The Morgan fingerprint density at radius 3 is 2.38 bits per heavy atom. The maximum absolute atomic E-state index is 13.3. The highest BCUT2D eigenvalue weighted by Gasteiger charge is 2.46. The fourth-order valence-corrected chi connectivity index (χ4v) is 3.12. The first-order valence-electron chi connectivity index (χ1n) is 8.55. The number of imide groups is 1. The average Bonchev–Trinajstić information content (AvgIpc) is 3.00. The Hall–Kier alpha value is -2.73. The van der Waals surface area contributed by atoms with Gasteiger partial charge in [-0.1, -0.05) is 42.5 Å². The Kier molecular flexibility index (Phi) is 5.63. The highest BCUT2D eigenvalue weighted by Crippen LogP contribution is 2.43. The number of rotatable bonds is 6. The SMILES string of the molecule is O=C(CCCCO)N1C(=O)OC(c2ccc(F)cc2)C1c1ccccc1. The summed E-state index contributed by atoms with van der Waals surface area (Å²) in [6.45, 7) is -0.00194. The van der Waals surface area contributed by atoms with Gasteiger partial charge in [-0.3, -0.25) is 4.79 Å². The van der Waals surface area contributed by atoms with Crippen molar-refractivity contribution in [2.75, 3.05) is 6.61 Å². The summed E-state index contributed by atoms with van der Waals surface area (Å²) in [6.07, 6.45) is -0.280. The van der Waals surface area contributed by atoms with E-state index in [0.717, 1.165) is 10.5 Å². The summed E-state index contributed by atoms with van der Waals surface area (Å²) in [5.74, 6) is -0.729. The molecule has 5 nitrogen and oxygen atoms in total. The number of ether oxygens (including phenoxy) is 1. The van der Waals surface area contributed by atoms with Crippen LogP contribution in [0.1, 0.15) is 42.5 Å². The van der Waals surface area contributed by atoms with Gasteiger partial charge in [0.2, 0.25) is 5.91 Å². The fraction of sp³-hybridized carbons (Fsp3) is 0.300. The average molecular weight is 357 g/mol. The number of benzene rings is 2. The lowest BCUT2D eigenvalue weighted by Crippen LogP contribution is -2.34. The number of cyclic esters (lactones) is 1. The van der Waals surface area contributed by atoms with Crippen LogP contribution < -0.4 is 0 Å². The molecule has 3 rings (SSSR count). The van der Waals surface area contributed by atoms with E-state index >= 15 is 0 Å². The normalized spacial score (nSPS) is 19.5. The molecular formula is C20H20FNO4. The fourth-order valence-electron chi connectivity index (χ4n) is 3.12. The van der Waals surface area contributed by atoms with Crippen molar-refractivity contribution in [3.05, 3.63) is 71.5 Å². The van der Waals surface area contributed by atoms with Gasteiger partial charge in [-0.2, -0.15) is 0 Å². The van der Waals surface area contributed by atoms with Crippen LogP contribution in [0, 0.1) is 5.82 Å². The second kappa shape index (κ2) is 8.10. The predicted octanol–water partition coefficient (Wildman–Crippen LogP) is 3.75. The van der Waals surface area contributed by atoms with Gasteiger partial charge in [-0.25, -0.2) is 14.1 Å². The second-order valence-corrected chi connectivity index (χ2v) is 6.16. The standard InChI is InChI=1S/C20H20FNO4/c21-16-11-9-15(10-12-16)19-18(14-6-2-1-3-7-14)22(20(25)26-19)17(24)8-4-5-13-23/h1-3,6-7,9-12,18-19,23H,4-5,8,13H2. The monoisotopic (exact) mass is 357 g/mol. The lowest BCUT2D eigenvalue weighted by atomic mass is 9.95. The van der Waals surface area contributed by atoms with Crippen LogP contribution in [0.4, 0.5) is 9.18 Å². The van der Waals surface area contributed by atoms with Crippen LogP contribution in [-0.4, -0.2) is 28.6 Å². The summed E-state index contributed by atoms with van der Waals surface area (Å²) < 4.78 is 18.7. The highest BCUT2D eigenvalue weighted by molar-refractivity contribution is 5.94. The number of hydrogen-bond donors (Lipinski definition) is 1. The van der Waals surface area contributed by atoms with Gasteiger partial charge < -0.3 is 9.84 Å². The van der Waals surface area contributed by atoms with Gasteiger partial charge in [0.1, 0.15) is 11.9 Å². The van der Waals surface area contributed by atoms with Crippen molar-refractivity contribution in [2.24, 2.45) is 0 Å². The molecule has 2 aromatic carbocycles. The van der Waals surface area contributed by atoms with E-state index < -0.39 is 18.2 Å². The van der Waals surface area contributed by atoms with Gasteiger partial charge in [0.15, 0.2) is 6.10 Å². The minimum Gasteiger partial charge on any atom is -0.438 e. The molecule has 26 heavy (non-hydrogen) atoms. The van der Waals surface area contributed by atoms with E-state index in [4.69, 9.17) is 9.84 Å². The molecule has 1 N–H and O–H groups in total. The van der Waals surface area contributed by atoms with E-state index in [0.29, 0.717) is 18.4 Å². The molecule has 0 saturated carbocycles. The molecule has 0 spiro atoms. The third-order valence-corrected chi connectivity index (χ3v) is 4.40. The summed E-state index contributed by atoms with van der Waals surface area (Å²) in [4.78, 5) is 26.2. The number of hydrogen-bond acceptors (Lipinski definition) is 4. The Labute approximate surface area is 151 Å². The van der Waals surface area contributed by atoms with Crippen molar-refractivity contribution in [3.8, 4) is 0 Å². The maximum atomic E-state index is 13.3. The summed E-state index contributed by atoms with van der Waals surface area (Å²) in [5.41, 5.74) is 1.39. The summed E-state index contributed by atoms with van der Waals surface area (Å²) in [7, 11) is 0. The van der Waals surface area contributed by atoms with E-state index in [1.54, 1.807) is 12.1 Å². The molecule has 1 saturated heterocycles. The smallest absolute Gasteiger partial charge is 0.417 e. The molecule has 0 aromatic heterocycles. The summed E-state index contributed by atoms with van der Waals surface area (Å²) in [5, 5.41) is 8.89.